The fraction of sp³-hybridized carbons (Fsp3) is 0.474. The van der Waals surface area contributed by atoms with Gasteiger partial charge in [-0.2, -0.15) is 4.68 Å². The average molecular weight is 389 g/mol. The number of halogens is 1. The minimum absolute atomic E-state index is 0.00287. The molecule has 150 valence electrons. The van der Waals surface area contributed by atoms with Crippen molar-refractivity contribution in [2.75, 3.05) is 26.2 Å². The van der Waals surface area contributed by atoms with Gasteiger partial charge in [0, 0.05) is 38.3 Å². The molecule has 1 aliphatic rings. The number of benzene rings is 1. The van der Waals surface area contributed by atoms with Crippen LogP contribution in [0.5, 0.6) is 0 Å². The highest BCUT2D eigenvalue weighted by Crippen LogP contribution is 2.16. The summed E-state index contributed by atoms with van der Waals surface area (Å²) in [4.78, 5) is 27.0. The van der Waals surface area contributed by atoms with E-state index in [2.05, 4.69) is 10.00 Å². The first kappa shape index (κ1) is 19.9. The number of hydrogen-bond acceptors (Lipinski definition) is 5. The van der Waals surface area contributed by atoms with E-state index < -0.39 is 4.92 Å². The Balaban J connectivity index is 1.53. The molecule has 1 saturated heterocycles. The lowest BCUT2D eigenvalue weighted by Crippen LogP contribution is -2.50. The number of carbonyl (C=O) groups is 1. The molecule has 8 nitrogen and oxygen atoms in total. The summed E-state index contributed by atoms with van der Waals surface area (Å²) in [5, 5.41) is 14.8. The van der Waals surface area contributed by atoms with Crippen molar-refractivity contribution in [1.82, 2.24) is 19.6 Å². The molecule has 0 N–H and O–H groups in total. The van der Waals surface area contributed by atoms with Gasteiger partial charge in [0.15, 0.2) is 0 Å². The van der Waals surface area contributed by atoms with Crippen molar-refractivity contribution < 1.29 is 14.1 Å². The number of carbonyl (C=O) groups excluding carboxylic acids is 1. The average Bonchev–Trinajstić information content (AvgIpc) is 3.04. The highest BCUT2D eigenvalue weighted by Gasteiger charge is 2.27. The number of nitro groups is 1. The third-order valence-corrected chi connectivity index (χ3v) is 5.06. The molecule has 3 rings (SSSR count). The first-order valence-electron chi connectivity index (χ1n) is 9.28. The number of aromatic nitrogens is 2. The Kier molecular flexibility index (Phi) is 6.03. The van der Waals surface area contributed by atoms with E-state index in [0.717, 1.165) is 0 Å². The van der Waals surface area contributed by atoms with Crippen LogP contribution in [-0.2, 0) is 17.9 Å². The Bertz CT molecular complexity index is 861. The summed E-state index contributed by atoms with van der Waals surface area (Å²) in [5.74, 6) is -0.753. The molecule has 0 aliphatic carbocycles. The molecule has 9 heteroatoms. The van der Waals surface area contributed by atoms with Crippen molar-refractivity contribution >= 4 is 11.7 Å². The van der Waals surface area contributed by atoms with Gasteiger partial charge in [-0.1, -0.05) is 25.1 Å². The zero-order valence-electron chi connectivity index (χ0n) is 16.0. The van der Waals surface area contributed by atoms with Gasteiger partial charge in [-0.15, -0.1) is 0 Å². The molecule has 2 heterocycles. The van der Waals surface area contributed by atoms with Gasteiger partial charge in [0.2, 0.25) is 5.91 Å². The van der Waals surface area contributed by atoms with Crippen molar-refractivity contribution in [2.24, 2.45) is 5.92 Å². The third kappa shape index (κ3) is 4.53. The fourth-order valence-corrected chi connectivity index (χ4v) is 3.41. The number of aryl methyl sites for hydroxylation is 1. The van der Waals surface area contributed by atoms with Crippen molar-refractivity contribution in [2.45, 2.75) is 26.9 Å². The van der Waals surface area contributed by atoms with Crippen LogP contribution in [0.2, 0.25) is 0 Å². The summed E-state index contributed by atoms with van der Waals surface area (Å²) in [6, 6.07) is 8.13. The lowest BCUT2D eigenvalue weighted by atomic mass is 10.1. The third-order valence-electron chi connectivity index (χ3n) is 5.06. The predicted octanol–water partition coefficient (Wildman–Crippen LogP) is 2.22. The van der Waals surface area contributed by atoms with Crippen molar-refractivity contribution in [3.8, 4) is 0 Å². The van der Waals surface area contributed by atoms with Crippen LogP contribution in [0.15, 0.2) is 30.3 Å². The Morgan fingerprint density at radius 3 is 2.57 bits per heavy atom. The van der Waals surface area contributed by atoms with E-state index in [1.165, 1.54) is 16.8 Å². The Morgan fingerprint density at radius 1 is 1.29 bits per heavy atom. The van der Waals surface area contributed by atoms with Crippen LogP contribution in [0, 0.1) is 28.8 Å². The fourth-order valence-electron chi connectivity index (χ4n) is 3.41. The van der Waals surface area contributed by atoms with Crippen molar-refractivity contribution in [1.29, 1.82) is 0 Å². The van der Waals surface area contributed by atoms with Crippen LogP contribution >= 0.6 is 0 Å². The van der Waals surface area contributed by atoms with Crippen LogP contribution in [0.25, 0.3) is 0 Å². The van der Waals surface area contributed by atoms with Gasteiger partial charge in [0.05, 0.1) is 29.3 Å². The monoisotopic (exact) mass is 389 g/mol. The normalized spacial score (nSPS) is 16.2. The van der Waals surface area contributed by atoms with Crippen molar-refractivity contribution in [3.63, 3.8) is 0 Å². The van der Waals surface area contributed by atoms with E-state index >= 15 is 0 Å². The summed E-state index contributed by atoms with van der Waals surface area (Å²) < 4.78 is 15.3. The molecule has 1 atom stereocenters. The van der Waals surface area contributed by atoms with Crippen LogP contribution < -0.4 is 0 Å². The Morgan fingerprint density at radius 2 is 1.96 bits per heavy atom. The molecule has 0 bridgehead atoms. The summed E-state index contributed by atoms with van der Waals surface area (Å²) in [7, 11) is 0. The number of amides is 1. The second kappa shape index (κ2) is 8.47. The van der Waals surface area contributed by atoms with E-state index in [1.54, 1.807) is 30.9 Å². The molecule has 1 aliphatic heterocycles. The van der Waals surface area contributed by atoms with Gasteiger partial charge in [-0.25, -0.2) is 4.39 Å². The summed E-state index contributed by atoms with van der Waals surface area (Å²) in [5.41, 5.74) is 1.31. The van der Waals surface area contributed by atoms with Crippen LogP contribution in [0.3, 0.4) is 0 Å². The van der Waals surface area contributed by atoms with E-state index in [1.807, 2.05) is 6.07 Å². The molecule has 1 fully saturated rings. The molecule has 0 saturated carbocycles. The molecule has 1 amide bonds. The minimum Gasteiger partial charge on any atom is -0.358 e. The van der Waals surface area contributed by atoms with E-state index in [0.29, 0.717) is 50.5 Å². The molecular formula is C19H24FN5O3. The molecule has 0 spiro atoms. The molecule has 1 unspecified atom stereocenters. The minimum atomic E-state index is -0.537. The van der Waals surface area contributed by atoms with E-state index in [-0.39, 0.29) is 23.5 Å². The SMILES string of the molecule is Cc1cc([N+](=O)[O-])nn1CC(C)C(=O)N1CCN(Cc2ccccc2F)CC1. The lowest BCUT2D eigenvalue weighted by molar-refractivity contribution is -0.389. The molecule has 1 aromatic heterocycles. The van der Waals surface area contributed by atoms with Crippen LogP contribution in [-0.4, -0.2) is 56.6 Å². The predicted molar refractivity (Wildman–Crippen MR) is 101 cm³/mol. The van der Waals surface area contributed by atoms with Gasteiger partial charge >= 0.3 is 5.82 Å². The highest BCUT2D eigenvalue weighted by molar-refractivity contribution is 5.78. The maximum atomic E-state index is 13.8. The van der Waals surface area contributed by atoms with Gasteiger partial charge in [-0.05, 0) is 17.9 Å². The number of piperazine rings is 1. The van der Waals surface area contributed by atoms with E-state index in [9.17, 15) is 19.3 Å². The zero-order valence-corrected chi connectivity index (χ0v) is 16.0. The van der Waals surface area contributed by atoms with Gasteiger partial charge < -0.3 is 15.0 Å². The van der Waals surface area contributed by atoms with Gasteiger partial charge in [0.1, 0.15) is 5.82 Å². The second-order valence-corrected chi connectivity index (χ2v) is 7.18. The summed E-state index contributed by atoms with van der Waals surface area (Å²) in [6.45, 7) is 6.89. The largest absolute Gasteiger partial charge is 0.390 e. The summed E-state index contributed by atoms with van der Waals surface area (Å²) >= 11 is 0. The number of nitrogens with zero attached hydrogens (tertiary/aromatic N) is 5. The topological polar surface area (TPSA) is 84.5 Å². The molecule has 28 heavy (non-hydrogen) atoms. The highest BCUT2D eigenvalue weighted by atomic mass is 19.1. The summed E-state index contributed by atoms with van der Waals surface area (Å²) in [6.07, 6.45) is 0. The van der Waals surface area contributed by atoms with E-state index in [4.69, 9.17) is 0 Å². The first-order chi connectivity index (χ1) is 13.3. The smallest absolute Gasteiger partial charge is 0.358 e. The number of rotatable bonds is 6. The Hall–Kier alpha value is -2.81. The lowest BCUT2D eigenvalue weighted by Gasteiger charge is -2.36. The van der Waals surface area contributed by atoms with Gasteiger partial charge in [0.25, 0.3) is 0 Å². The first-order valence-corrected chi connectivity index (χ1v) is 9.28. The van der Waals surface area contributed by atoms with Crippen LogP contribution in [0.1, 0.15) is 18.2 Å². The molecule has 0 radical (unpaired) electrons. The quantitative estimate of drug-likeness (QED) is 0.559. The maximum absolute atomic E-state index is 13.8. The zero-order chi connectivity index (χ0) is 20.3. The van der Waals surface area contributed by atoms with Gasteiger partial charge in [-0.3, -0.25) is 9.69 Å². The second-order valence-electron chi connectivity index (χ2n) is 7.18. The molecular weight excluding hydrogens is 365 g/mol. The Labute approximate surface area is 162 Å². The van der Waals surface area contributed by atoms with Crippen LogP contribution in [0.4, 0.5) is 10.2 Å². The van der Waals surface area contributed by atoms with Crippen molar-refractivity contribution in [3.05, 3.63) is 57.5 Å². The molecule has 1 aromatic carbocycles. The standard InChI is InChI=1S/C19H24FN5O3/c1-14(12-24-15(2)11-18(21-24)25(27)28)19(26)23-9-7-22(8-10-23)13-16-5-3-4-6-17(16)20/h3-6,11,14H,7-10,12-13H2,1-2H3. The maximum Gasteiger partial charge on any atom is 0.390 e. The number of hydrogen-bond donors (Lipinski definition) is 0. The molecule has 2 aromatic rings.